The van der Waals surface area contributed by atoms with Crippen LogP contribution in [0.25, 0.3) is 0 Å². The van der Waals surface area contributed by atoms with Crippen LogP contribution in [0.5, 0.6) is 0 Å². The van der Waals surface area contributed by atoms with Gasteiger partial charge in [-0.3, -0.25) is 4.79 Å². The minimum Gasteiger partial charge on any atom is -0.363 e. The highest BCUT2D eigenvalue weighted by atomic mass is 19.4. The number of nitrogens with one attached hydrogen (secondary N) is 1. The zero-order valence-corrected chi connectivity index (χ0v) is 8.84. The van der Waals surface area contributed by atoms with E-state index in [1.165, 1.54) is 5.32 Å². The van der Waals surface area contributed by atoms with Crippen molar-refractivity contribution in [3.63, 3.8) is 0 Å². The van der Waals surface area contributed by atoms with Gasteiger partial charge in [-0.05, 0) is 12.8 Å². The van der Waals surface area contributed by atoms with Gasteiger partial charge in [-0.25, -0.2) is 0 Å². The number of carbonyl (C=O) groups excluding carboxylic acids is 1. The summed E-state index contributed by atoms with van der Waals surface area (Å²) >= 11 is 0. The molecule has 1 aliphatic heterocycles. The largest absolute Gasteiger partial charge is 0.436 e. The number of piperidine rings is 1. The number of aliphatic hydroxyl groups is 1. The Labute approximate surface area is 95.4 Å². The molecule has 0 aromatic carbocycles. The maximum atomic E-state index is 12.7. The molecule has 1 amide bonds. The molecule has 2 atom stereocenters. The highest BCUT2D eigenvalue weighted by molar-refractivity contribution is 5.84. The summed E-state index contributed by atoms with van der Waals surface area (Å²) in [6.45, 7) is 0. The Kier molecular flexibility index (Phi) is 2.40. The number of rotatable bonds is 0. The standard InChI is InChI=1S/C10H11F3N2O2/c11-10(12,13)9(17)5-8(2-1-3-8)6(4-14)7(16)15-9/h6,17H,1-3,5H2,(H,15,16)/t6-,9+/m0/s1. The highest BCUT2D eigenvalue weighted by Gasteiger charge is 2.65. The maximum Gasteiger partial charge on any atom is 0.436 e. The summed E-state index contributed by atoms with van der Waals surface area (Å²) in [5.74, 6) is -2.13. The summed E-state index contributed by atoms with van der Waals surface area (Å²) in [7, 11) is 0. The van der Waals surface area contributed by atoms with E-state index in [4.69, 9.17) is 5.26 Å². The molecule has 1 saturated heterocycles. The molecule has 0 radical (unpaired) electrons. The lowest BCUT2D eigenvalue weighted by atomic mass is 9.56. The highest BCUT2D eigenvalue weighted by Crippen LogP contribution is 2.56. The Morgan fingerprint density at radius 1 is 1.47 bits per heavy atom. The van der Waals surface area contributed by atoms with Crippen molar-refractivity contribution >= 4 is 5.91 Å². The first kappa shape index (κ1) is 12.2. The first-order valence-corrected chi connectivity index (χ1v) is 5.25. The quantitative estimate of drug-likeness (QED) is 0.673. The number of halogens is 3. The van der Waals surface area contributed by atoms with Crippen molar-refractivity contribution in [1.29, 1.82) is 5.26 Å². The lowest BCUT2D eigenvalue weighted by Gasteiger charge is -2.52. The van der Waals surface area contributed by atoms with Gasteiger partial charge in [0.25, 0.3) is 0 Å². The van der Waals surface area contributed by atoms with Crippen LogP contribution in [0.15, 0.2) is 0 Å². The maximum absolute atomic E-state index is 12.7. The fourth-order valence-corrected chi connectivity index (χ4v) is 2.67. The summed E-state index contributed by atoms with van der Waals surface area (Å²) in [5, 5.41) is 19.9. The van der Waals surface area contributed by atoms with Gasteiger partial charge < -0.3 is 10.4 Å². The van der Waals surface area contributed by atoms with Crippen molar-refractivity contribution in [2.45, 2.75) is 37.6 Å². The van der Waals surface area contributed by atoms with Crippen molar-refractivity contribution in [2.24, 2.45) is 11.3 Å². The van der Waals surface area contributed by atoms with Gasteiger partial charge in [0.05, 0.1) is 6.07 Å². The second-order valence-corrected chi connectivity index (χ2v) is 4.80. The molecule has 0 unspecified atom stereocenters. The number of hydrogen-bond acceptors (Lipinski definition) is 3. The average molecular weight is 248 g/mol. The van der Waals surface area contributed by atoms with Crippen LogP contribution in [0, 0.1) is 22.7 Å². The molecule has 2 fully saturated rings. The van der Waals surface area contributed by atoms with Crippen LogP contribution in [0.4, 0.5) is 13.2 Å². The average Bonchev–Trinajstić information content (AvgIpc) is 2.12. The second kappa shape index (κ2) is 3.35. The molecule has 94 valence electrons. The summed E-state index contributed by atoms with van der Waals surface area (Å²) in [5.41, 5.74) is -4.21. The lowest BCUT2D eigenvalue weighted by Crippen LogP contribution is -2.68. The second-order valence-electron chi connectivity index (χ2n) is 4.80. The smallest absolute Gasteiger partial charge is 0.363 e. The topological polar surface area (TPSA) is 73.1 Å². The van der Waals surface area contributed by atoms with Crippen LogP contribution in [0.3, 0.4) is 0 Å². The van der Waals surface area contributed by atoms with Gasteiger partial charge in [-0.15, -0.1) is 0 Å². The lowest BCUT2D eigenvalue weighted by molar-refractivity contribution is -0.293. The zero-order chi connectivity index (χ0) is 12.9. The van der Waals surface area contributed by atoms with Crippen LogP contribution >= 0.6 is 0 Å². The summed E-state index contributed by atoms with van der Waals surface area (Å²) in [4.78, 5) is 11.5. The molecule has 4 nitrogen and oxygen atoms in total. The van der Waals surface area contributed by atoms with E-state index in [9.17, 15) is 23.1 Å². The summed E-state index contributed by atoms with van der Waals surface area (Å²) < 4.78 is 38.1. The number of amides is 1. The molecule has 1 saturated carbocycles. The van der Waals surface area contributed by atoms with E-state index in [-0.39, 0.29) is 0 Å². The van der Waals surface area contributed by atoms with Gasteiger partial charge in [-0.2, -0.15) is 18.4 Å². The zero-order valence-electron chi connectivity index (χ0n) is 8.84. The fourth-order valence-electron chi connectivity index (χ4n) is 2.67. The molecule has 1 aliphatic carbocycles. The number of nitriles is 1. The van der Waals surface area contributed by atoms with E-state index in [2.05, 4.69) is 0 Å². The van der Waals surface area contributed by atoms with E-state index in [0.717, 1.165) is 0 Å². The van der Waals surface area contributed by atoms with E-state index in [1.54, 1.807) is 6.07 Å². The van der Waals surface area contributed by atoms with Crippen molar-refractivity contribution in [2.75, 3.05) is 0 Å². The molecule has 0 bridgehead atoms. The molecule has 1 spiro atoms. The SMILES string of the molecule is N#C[C@H]1C(=O)N[C@](O)(C(F)(F)F)CC12CCC2. The number of alkyl halides is 3. The fraction of sp³-hybridized carbons (Fsp3) is 0.800. The Morgan fingerprint density at radius 3 is 2.41 bits per heavy atom. The van der Waals surface area contributed by atoms with Crippen molar-refractivity contribution < 1.29 is 23.1 Å². The van der Waals surface area contributed by atoms with Crippen LogP contribution in [-0.2, 0) is 4.79 Å². The monoisotopic (exact) mass is 248 g/mol. The van der Waals surface area contributed by atoms with Gasteiger partial charge >= 0.3 is 6.18 Å². The van der Waals surface area contributed by atoms with E-state index >= 15 is 0 Å². The third-order valence-electron chi connectivity index (χ3n) is 3.76. The van der Waals surface area contributed by atoms with E-state index in [0.29, 0.717) is 19.3 Å². The first-order chi connectivity index (χ1) is 7.74. The van der Waals surface area contributed by atoms with Crippen molar-refractivity contribution in [1.82, 2.24) is 5.32 Å². The molecule has 17 heavy (non-hydrogen) atoms. The molecule has 1 heterocycles. The third kappa shape index (κ3) is 1.59. The van der Waals surface area contributed by atoms with Crippen LogP contribution in [0.2, 0.25) is 0 Å². The Bertz CT molecular complexity index is 397. The Balaban J connectivity index is 2.35. The number of nitrogens with zero attached hydrogens (tertiary/aromatic N) is 1. The van der Waals surface area contributed by atoms with Gasteiger partial charge in [0, 0.05) is 11.8 Å². The Morgan fingerprint density at radius 2 is 2.06 bits per heavy atom. The molecule has 0 aromatic heterocycles. The van der Waals surface area contributed by atoms with Gasteiger partial charge in [-0.1, -0.05) is 6.42 Å². The van der Waals surface area contributed by atoms with Gasteiger partial charge in [0.2, 0.25) is 11.6 Å². The molecular weight excluding hydrogens is 237 g/mol. The Hall–Kier alpha value is -1.29. The molecule has 0 aromatic rings. The summed E-state index contributed by atoms with van der Waals surface area (Å²) in [6, 6.07) is 1.75. The van der Waals surface area contributed by atoms with E-state index in [1.807, 2.05) is 0 Å². The predicted molar refractivity (Wildman–Crippen MR) is 49.2 cm³/mol. The molecule has 7 heteroatoms. The third-order valence-corrected chi connectivity index (χ3v) is 3.76. The van der Waals surface area contributed by atoms with Crippen LogP contribution < -0.4 is 5.32 Å². The normalized spacial score (nSPS) is 35.9. The van der Waals surface area contributed by atoms with Crippen molar-refractivity contribution in [3.8, 4) is 6.07 Å². The van der Waals surface area contributed by atoms with E-state index < -0.39 is 35.6 Å². The minimum atomic E-state index is -4.92. The minimum absolute atomic E-state index is 0.372. The molecule has 2 aliphatic rings. The van der Waals surface area contributed by atoms with Gasteiger partial charge in [0.1, 0.15) is 5.92 Å². The predicted octanol–water partition coefficient (Wildman–Crippen LogP) is 1.07. The molecule has 2 rings (SSSR count). The van der Waals surface area contributed by atoms with Crippen LogP contribution in [0.1, 0.15) is 25.7 Å². The summed E-state index contributed by atoms with van der Waals surface area (Å²) in [6.07, 6.45) is -4.13. The number of hydrogen-bond donors (Lipinski definition) is 2. The number of carbonyl (C=O) groups is 1. The van der Waals surface area contributed by atoms with Crippen molar-refractivity contribution in [3.05, 3.63) is 0 Å². The van der Waals surface area contributed by atoms with Gasteiger partial charge in [0.15, 0.2) is 0 Å². The molecular formula is C10H11F3N2O2. The first-order valence-electron chi connectivity index (χ1n) is 5.25. The molecule has 2 N–H and O–H groups in total. The van der Waals surface area contributed by atoms with Crippen LogP contribution in [-0.4, -0.2) is 22.9 Å².